The van der Waals surface area contributed by atoms with Crippen LogP contribution >= 0.6 is 43.5 Å². The van der Waals surface area contributed by atoms with Crippen molar-refractivity contribution in [2.75, 3.05) is 0 Å². The van der Waals surface area contributed by atoms with E-state index >= 15 is 0 Å². The molecule has 0 aliphatic heterocycles. The van der Waals surface area contributed by atoms with Crippen LogP contribution < -0.4 is 5.32 Å². The molecule has 0 aliphatic rings. The van der Waals surface area contributed by atoms with E-state index < -0.39 is 0 Å². The minimum atomic E-state index is -0.0974. The van der Waals surface area contributed by atoms with Crippen LogP contribution in [0.15, 0.2) is 51.4 Å². The Bertz CT molecular complexity index is 594. The third-order valence-electron chi connectivity index (χ3n) is 3.30. The molecule has 20 heavy (non-hydrogen) atoms. The SMILES string of the molecule is CC(C)(NCc1ccc(Cl)cc1Br)c1ccc(Br)cc1. The fraction of sp³-hybridized carbons (Fsp3) is 0.250. The maximum Gasteiger partial charge on any atom is 0.0417 e. The average molecular weight is 418 g/mol. The molecular weight excluding hydrogens is 401 g/mol. The zero-order chi connectivity index (χ0) is 14.8. The van der Waals surface area contributed by atoms with Crippen molar-refractivity contribution in [3.8, 4) is 0 Å². The molecule has 0 spiro atoms. The van der Waals surface area contributed by atoms with Crippen molar-refractivity contribution in [3.63, 3.8) is 0 Å². The Balaban J connectivity index is 2.10. The molecule has 0 saturated carbocycles. The van der Waals surface area contributed by atoms with Gasteiger partial charge in [-0.15, -0.1) is 0 Å². The van der Waals surface area contributed by atoms with E-state index in [1.54, 1.807) is 0 Å². The molecule has 0 radical (unpaired) electrons. The van der Waals surface area contributed by atoms with Crippen molar-refractivity contribution in [2.45, 2.75) is 25.9 Å². The molecule has 0 unspecified atom stereocenters. The van der Waals surface area contributed by atoms with Crippen LogP contribution in [0.5, 0.6) is 0 Å². The molecular formula is C16H16Br2ClN. The third kappa shape index (κ3) is 4.08. The lowest BCUT2D eigenvalue weighted by atomic mass is 9.94. The third-order valence-corrected chi connectivity index (χ3v) is 4.80. The smallest absolute Gasteiger partial charge is 0.0417 e. The minimum absolute atomic E-state index is 0.0974. The second-order valence-electron chi connectivity index (χ2n) is 5.22. The Labute approximate surface area is 142 Å². The van der Waals surface area contributed by atoms with E-state index in [-0.39, 0.29) is 5.54 Å². The van der Waals surface area contributed by atoms with Gasteiger partial charge in [-0.25, -0.2) is 0 Å². The number of halogens is 3. The van der Waals surface area contributed by atoms with Gasteiger partial charge in [0.15, 0.2) is 0 Å². The van der Waals surface area contributed by atoms with Crippen LogP contribution in [0.25, 0.3) is 0 Å². The molecule has 2 aromatic carbocycles. The summed E-state index contributed by atoms with van der Waals surface area (Å²) in [7, 11) is 0. The summed E-state index contributed by atoms with van der Waals surface area (Å²) in [5.74, 6) is 0. The highest BCUT2D eigenvalue weighted by molar-refractivity contribution is 9.10. The van der Waals surface area contributed by atoms with E-state index in [2.05, 4.69) is 75.3 Å². The normalized spacial score (nSPS) is 11.7. The summed E-state index contributed by atoms with van der Waals surface area (Å²) in [5.41, 5.74) is 2.35. The molecule has 2 aromatic rings. The van der Waals surface area contributed by atoms with Gasteiger partial charge in [-0.05, 0) is 49.2 Å². The minimum Gasteiger partial charge on any atom is -0.304 e. The molecule has 2 rings (SSSR count). The van der Waals surface area contributed by atoms with Crippen molar-refractivity contribution in [2.24, 2.45) is 0 Å². The first-order chi connectivity index (χ1) is 9.38. The number of hydrogen-bond donors (Lipinski definition) is 1. The fourth-order valence-electron chi connectivity index (χ4n) is 1.95. The van der Waals surface area contributed by atoms with Crippen LogP contribution in [0, 0.1) is 0 Å². The van der Waals surface area contributed by atoms with Gasteiger partial charge >= 0.3 is 0 Å². The highest BCUT2D eigenvalue weighted by Crippen LogP contribution is 2.25. The molecule has 0 heterocycles. The maximum absolute atomic E-state index is 5.96. The number of hydrogen-bond acceptors (Lipinski definition) is 1. The van der Waals surface area contributed by atoms with Gasteiger partial charge in [-0.3, -0.25) is 0 Å². The standard InChI is InChI=1S/C16H16Br2ClN/c1-16(2,12-4-6-13(17)7-5-12)20-10-11-3-8-14(19)9-15(11)18/h3-9,20H,10H2,1-2H3. The summed E-state index contributed by atoms with van der Waals surface area (Å²) in [6.07, 6.45) is 0. The highest BCUT2D eigenvalue weighted by atomic mass is 79.9. The van der Waals surface area contributed by atoms with Gasteiger partial charge in [0, 0.05) is 26.1 Å². The molecule has 1 nitrogen and oxygen atoms in total. The molecule has 0 amide bonds. The van der Waals surface area contributed by atoms with Gasteiger partial charge in [0.25, 0.3) is 0 Å². The Kier molecular flexibility index (Phi) is 5.30. The molecule has 0 atom stereocenters. The van der Waals surface area contributed by atoms with Gasteiger partial charge in [-0.1, -0.05) is 61.7 Å². The van der Waals surface area contributed by atoms with Crippen LogP contribution in [0.1, 0.15) is 25.0 Å². The zero-order valence-electron chi connectivity index (χ0n) is 11.4. The van der Waals surface area contributed by atoms with E-state index in [4.69, 9.17) is 11.6 Å². The van der Waals surface area contributed by atoms with Gasteiger partial charge in [-0.2, -0.15) is 0 Å². The molecule has 0 aliphatic carbocycles. The number of benzene rings is 2. The molecule has 106 valence electrons. The Morgan fingerprint density at radius 2 is 1.70 bits per heavy atom. The topological polar surface area (TPSA) is 12.0 Å². The van der Waals surface area contributed by atoms with E-state index in [1.807, 2.05) is 18.2 Å². The maximum atomic E-state index is 5.96. The predicted octanol–water partition coefficient (Wildman–Crippen LogP) is 5.89. The molecule has 0 aromatic heterocycles. The molecule has 0 saturated heterocycles. The summed E-state index contributed by atoms with van der Waals surface area (Å²) in [5, 5.41) is 4.33. The summed E-state index contributed by atoms with van der Waals surface area (Å²) in [4.78, 5) is 0. The second kappa shape index (κ2) is 6.61. The van der Waals surface area contributed by atoms with Crippen LogP contribution in [-0.2, 0) is 12.1 Å². The Morgan fingerprint density at radius 1 is 1.05 bits per heavy atom. The van der Waals surface area contributed by atoms with E-state index in [0.717, 1.165) is 20.5 Å². The largest absolute Gasteiger partial charge is 0.304 e. The van der Waals surface area contributed by atoms with Gasteiger partial charge in [0.2, 0.25) is 0 Å². The molecule has 1 N–H and O–H groups in total. The van der Waals surface area contributed by atoms with E-state index in [9.17, 15) is 0 Å². The summed E-state index contributed by atoms with van der Waals surface area (Å²) in [6, 6.07) is 14.3. The summed E-state index contributed by atoms with van der Waals surface area (Å²) < 4.78 is 2.13. The van der Waals surface area contributed by atoms with E-state index in [1.165, 1.54) is 11.1 Å². The zero-order valence-corrected chi connectivity index (χ0v) is 15.3. The molecule has 0 bridgehead atoms. The quantitative estimate of drug-likeness (QED) is 0.654. The number of rotatable bonds is 4. The van der Waals surface area contributed by atoms with Crippen molar-refractivity contribution in [1.29, 1.82) is 0 Å². The monoisotopic (exact) mass is 415 g/mol. The van der Waals surface area contributed by atoms with Crippen LogP contribution in [-0.4, -0.2) is 0 Å². The first-order valence-corrected chi connectivity index (χ1v) is 8.30. The van der Waals surface area contributed by atoms with Gasteiger partial charge in [0.05, 0.1) is 0 Å². The highest BCUT2D eigenvalue weighted by Gasteiger charge is 2.19. The Morgan fingerprint density at radius 3 is 2.30 bits per heavy atom. The van der Waals surface area contributed by atoms with Gasteiger partial charge in [0.1, 0.15) is 0 Å². The molecule has 4 heteroatoms. The lowest BCUT2D eigenvalue weighted by molar-refractivity contribution is 0.401. The Hall–Kier alpha value is -0.350. The first kappa shape index (κ1) is 16.0. The predicted molar refractivity (Wildman–Crippen MR) is 93.2 cm³/mol. The van der Waals surface area contributed by atoms with Crippen molar-refractivity contribution >= 4 is 43.5 Å². The average Bonchev–Trinajstić information content (AvgIpc) is 2.38. The first-order valence-electron chi connectivity index (χ1n) is 6.33. The van der Waals surface area contributed by atoms with E-state index in [0.29, 0.717) is 0 Å². The van der Waals surface area contributed by atoms with Crippen LogP contribution in [0.2, 0.25) is 5.02 Å². The summed E-state index contributed by atoms with van der Waals surface area (Å²) in [6.45, 7) is 5.14. The van der Waals surface area contributed by atoms with Crippen molar-refractivity contribution < 1.29 is 0 Å². The fourth-order valence-corrected chi connectivity index (χ4v) is 3.04. The van der Waals surface area contributed by atoms with Crippen molar-refractivity contribution in [3.05, 3.63) is 67.6 Å². The van der Waals surface area contributed by atoms with Crippen LogP contribution in [0.4, 0.5) is 0 Å². The lowest BCUT2D eigenvalue weighted by Crippen LogP contribution is -2.36. The second-order valence-corrected chi connectivity index (χ2v) is 7.43. The van der Waals surface area contributed by atoms with Crippen LogP contribution in [0.3, 0.4) is 0 Å². The number of nitrogens with one attached hydrogen (secondary N) is 1. The van der Waals surface area contributed by atoms with Crippen molar-refractivity contribution in [1.82, 2.24) is 5.32 Å². The lowest BCUT2D eigenvalue weighted by Gasteiger charge is -2.27. The summed E-state index contributed by atoms with van der Waals surface area (Å²) >= 11 is 13.0. The van der Waals surface area contributed by atoms with Gasteiger partial charge < -0.3 is 5.32 Å². The molecule has 0 fully saturated rings.